The van der Waals surface area contributed by atoms with E-state index in [1.807, 2.05) is 18.2 Å². The zero-order chi connectivity index (χ0) is 12.3. The van der Waals surface area contributed by atoms with Gasteiger partial charge in [-0.1, -0.05) is 11.6 Å². The van der Waals surface area contributed by atoms with Gasteiger partial charge in [0.05, 0.1) is 11.6 Å². The van der Waals surface area contributed by atoms with Crippen LogP contribution in [0.1, 0.15) is 0 Å². The summed E-state index contributed by atoms with van der Waals surface area (Å²) in [5.41, 5.74) is 0.884. The number of aromatic nitrogens is 2. The van der Waals surface area contributed by atoms with Crippen molar-refractivity contribution in [3.05, 3.63) is 40.0 Å². The fourth-order valence-corrected chi connectivity index (χ4v) is 1.92. The van der Waals surface area contributed by atoms with Crippen LogP contribution in [0.25, 0.3) is 0 Å². The molecule has 0 spiro atoms. The van der Waals surface area contributed by atoms with Crippen LogP contribution in [0.4, 0.5) is 11.5 Å². The number of rotatable bonds is 3. The van der Waals surface area contributed by atoms with Crippen molar-refractivity contribution in [2.24, 2.45) is 0 Å². The SMILES string of the molecule is COc1ccc(Nc2ccc(Cl)nn2)cc1Br. The average Bonchev–Trinajstić information content (AvgIpc) is 2.32. The minimum absolute atomic E-state index is 0.367. The van der Waals surface area contributed by atoms with Crippen LogP contribution < -0.4 is 10.1 Å². The Kier molecular flexibility index (Phi) is 3.81. The summed E-state index contributed by atoms with van der Waals surface area (Å²) >= 11 is 9.06. The van der Waals surface area contributed by atoms with Gasteiger partial charge in [-0.25, -0.2) is 0 Å². The number of nitrogens with zero attached hydrogens (tertiary/aromatic N) is 2. The van der Waals surface area contributed by atoms with Crippen LogP contribution in [-0.2, 0) is 0 Å². The Labute approximate surface area is 112 Å². The second-order valence-electron chi connectivity index (χ2n) is 3.22. The quantitative estimate of drug-likeness (QED) is 0.939. The lowest BCUT2D eigenvalue weighted by Gasteiger charge is -2.07. The van der Waals surface area contributed by atoms with Crippen LogP contribution in [0.15, 0.2) is 34.8 Å². The highest BCUT2D eigenvalue weighted by molar-refractivity contribution is 9.10. The third kappa shape index (κ3) is 3.08. The van der Waals surface area contributed by atoms with E-state index in [-0.39, 0.29) is 0 Å². The standard InChI is InChI=1S/C11H9BrClN3O/c1-17-9-3-2-7(6-8(9)12)14-11-5-4-10(13)15-16-11/h2-6H,1H3,(H,14,16). The van der Waals surface area contributed by atoms with E-state index in [1.54, 1.807) is 19.2 Å². The first-order valence-electron chi connectivity index (χ1n) is 4.79. The van der Waals surface area contributed by atoms with E-state index in [1.165, 1.54) is 0 Å². The second-order valence-corrected chi connectivity index (χ2v) is 4.46. The van der Waals surface area contributed by atoms with Gasteiger partial charge in [-0.05, 0) is 46.3 Å². The van der Waals surface area contributed by atoms with Crippen LogP contribution in [0.5, 0.6) is 5.75 Å². The predicted octanol–water partition coefficient (Wildman–Crippen LogP) is 3.64. The van der Waals surface area contributed by atoms with Gasteiger partial charge in [0.2, 0.25) is 0 Å². The van der Waals surface area contributed by atoms with E-state index in [0.29, 0.717) is 11.0 Å². The molecule has 0 saturated carbocycles. The smallest absolute Gasteiger partial charge is 0.153 e. The molecule has 1 heterocycles. The van der Waals surface area contributed by atoms with Crippen molar-refractivity contribution in [1.82, 2.24) is 10.2 Å². The highest BCUT2D eigenvalue weighted by Crippen LogP contribution is 2.28. The summed E-state index contributed by atoms with van der Waals surface area (Å²) in [6, 6.07) is 9.08. The van der Waals surface area contributed by atoms with E-state index >= 15 is 0 Å². The predicted molar refractivity (Wildman–Crippen MR) is 71.0 cm³/mol. The summed E-state index contributed by atoms with van der Waals surface area (Å²) in [5.74, 6) is 1.41. The lowest BCUT2D eigenvalue weighted by molar-refractivity contribution is 0.412. The first kappa shape index (κ1) is 12.1. The maximum atomic E-state index is 5.65. The molecule has 88 valence electrons. The maximum Gasteiger partial charge on any atom is 0.153 e. The Morgan fingerprint density at radius 1 is 1.24 bits per heavy atom. The van der Waals surface area contributed by atoms with Crippen LogP contribution in [0, 0.1) is 0 Å². The third-order valence-corrected chi connectivity index (χ3v) is 2.88. The second kappa shape index (κ2) is 5.33. The van der Waals surface area contributed by atoms with Gasteiger partial charge in [-0.3, -0.25) is 0 Å². The lowest BCUT2D eigenvalue weighted by Crippen LogP contribution is -1.95. The molecule has 0 unspecified atom stereocenters. The van der Waals surface area contributed by atoms with Crippen LogP contribution in [0.2, 0.25) is 5.15 Å². The Hall–Kier alpha value is -1.33. The average molecular weight is 315 g/mol. The Morgan fingerprint density at radius 3 is 2.65 bits per heavy atom. The van der Waals surface area contributed by atoms with E-state index < -0.39 is 0 Å². The van der Waals surface area contributed by atoms with Crippen molar-refractivity contribution in [3.63, 3.8) is 0 Å². The van der Waals surface area contributed by atoms with Crippen LogP contribution >= 0.6 is 27.5 Å². The van der Waals surface area contributed by atoms with Gasteiger partial charge in [0, 0.05) is 5.69 Å². The van der Waals surface area contributed by atoms with Gasteiger partial charge < -0.3 is 10.1 Å². The minimum Gasteiger partial charge on any atom is -0.496 e. The summed E-state index contributed by atoms with van der Waals surface area (Å²) in [6.45, 7) is 0. The van der Waals surface area contributed by atoms with Gasteiger partial charge in [0.15, 0.2) is 11.0 Å². The van der Waals surface area contributed by atoms with Crippen molar-refractivity contribution < 1.29 is 4.74 Å². The third-order valence-electron chi connectivity index (χ3n) is 2.06. The molecule has 0 atom stereocenters. The lowest BCUT2D eigenvalue weighted by atomic mass is 10.3. The van der Waals surface area contributed by atoms with Crippen molar-refractivity contribution in [2.75, 3.05) is 12.4 Å². The maximum absolute atomic E-state index is 5.65. The molecule has 6 heteroatoms. The van der Waals surface area contributed by atoms with Crippen molar-refractivity contribution >= 4 is 39.0 Å². The molecule has 1 N–H and O–H groups in total. The monoisotopic (exact) mass is 313 g/mol. The summed E-state index contributed by atoms with van der Waals surface area (Å²) in [7, 11) is 1.62. The number of anilines is 2. The number of hydrogen-bond donors (Lipinski definition) is 1. The highest BCUT2D eigenvalue weighted by atomic mass is 79.9. The summed E-state index contributed by atoms with van der Waals surface area (Å²) in [4.78, 5) is 0. The molecular weight excluding hydrogens is 305 g/mol. The molecule has 0 radical (unpaired) electrons. The fraction of sp³-hybridized carbons (Fsp3) is 0.0909. The van der Waals surface area contributed by atoms with Gasteiger partial charge in [0.25, 0.3) is 0 Å². The van der Waals surface area contributed by atoms with Gasteiger partial charge in [-0.15, -0.1) is 10.2 Å². The molecule has 0 aliphatic carbocycles. The molecule has 0 aliphatic rings. The van der Waals surface area contributed by atoms with Crippen molar-refractivity contribution in [1.29, 1.82) is 0 Å². The minimum atomic E-state index is 0.367. The fourth-order valence-electron chi connectivity index (χ4n) is 1.27. The summed E-state index contributed by atoms with van der Waals surface area (Å²) in [6.07, 6.45) is 0. The van der Waals surface area contributed by atoms with Crippen LogP contribution in [0.3, 0.4) is 0 Å². The number of hydrogen-bond acceptors (Lipinski definition) is 4. The van der Waals surface area contributed by atoms with E-state index in [2.05, 4.69) is 31.4 Å². The summed E-state index contributed by atoms with van der Waals surface area (Å²) < 4.78 is 6.01. The number of methoxy groups -OCH3 is 1. The molecule has 0 bridgehead atoms. The molecule has 0 amide bonds. The Bertz CT molecular complexity index is 519. The molecule has 0 aliphatic heterocycles. The molecule has 17 heavy (non-hydrogen) atoms. The first-order chi connectivity index (χ1) is 8.19. The topological polar surface area (TPSA) is 47.0 Å². The first-order valence-corrected chi connectivity index (χ1v) is 5.96. The Morgan fingerprint density at radius 2 is 2.06 bits per heavy atom. The van der Waals surface area contributed by atoms with E-state index in [0.717, 1.165) is 15.9 Å². The van der Waals surface area contributed by atoms with Crippen molar-refractivity contribution in [3.8, 4) is 5.75 Å². The summed E-state index contributed by atoms with van der Waals surface area (Å²) in [5, 5.41) is 11.1. The molecule has 4 nitrogen and oxygen atoms in total. The Balaban J connectivity index is 2.19. The van der Waals surface area contributed by atoms with Gasteiger partial charge >= 0.3 is 0 Å². The van der Waals surface area contributed by atoms with E-state index in [9.17, 15) is 0 Å². The van der Waals surface area contributed by atoms with E-state index in [4.69, 9.17) is 16.3 Å². The largest absolute Gasteiger partial charge is 0.496 e. The molecular formula is C11H9BrClN3O. The number of ether oxygens (including phenoxy) is 1. The number of nitrogens with one attached hydrogen (secondary N) is 1. The van der Waals surface area contributed by atoms with Gasteiger partial charge in [-0.2, -0.15) is 0 Å². The molecule has 1 aromatic carbocycles. The highest BCUT2D eigenvalue weighted by Gasteiger charge is 2.02. The van der Waals surface area contributed by atoms with Crippen LogP contribution in [-0.4, -0.2) is 17.3 Å². The molecule has 0 fully saturated rings. The molecule has 0 saturated heterocycles. The molecule has 2 rings (SSSR count). The number of halogens is 2. The molecule has 1 aromatic heterocycles. The van der Waals surface area contributed by atoms with Crippen molar-refractivity contribution in [2.45, 2.75) is 0 Å². The zero-order valence-electron chi connectivity index (χ0n) is 8.95. The normalized spacial score (nSPS) is 10.1. The molecule has 2 aromatic rings. The van der Waals surface area contributed by atoms with Gasteiger partial charge in [0.1, 0.15) is 5.75 Å². The zero-order valence-corrected chi connectivity index (χ0v) is 11.3. The number of benzene rings is 1.